The molecule has 0 radical (unpaired) electrons. The predicted molar refractivity (Wildman–Crippen MR) is 78.4 cm³/mol. The molecule has 0 amide bonds. The zero-order valence-electron chi connectivity index (χ0n) is 11.3. The van der Waals surface area contributed by atoms with E-state index in [2.05, 4.69) is 10.4 Å². The number of para-hydroxylation sites is 1. The van der Waals surface area contributed by atoms with Gasteiger partial charge in [-0.3, -0.25) is 0 Å². The molecule has 1 N–H and O–H groups in total. The van der Waals surface area contributed by atoms with Gasteiger partial charge in [-0.2, -0.15) is 5.10 Å². The molecule has 0 aliphatic heterocycles. The molecule has 1 heterocycles. The SMILES string of the molecule is CCNCc1c(F)cccc1-n1ncc2ccccc21. The van der Waals surface area contributed by atoms with Crippen LogP contribution in [0.25, 0.3) is 16.6 Å². The van der Waals surface area contributed by atoms with E-state index < -0.39 is 0 Å². The van der Waals surface area contributed by atoms with E-state index in [-0.39, 0.29) is 5.82 Å². The van der Waals surface area contributed by atoms with E-state index in [1.54, 1.807) is 16.9 Å². The van der Waals surface area contributed by atoms with Gasteiger partial charge in [0.25, 0.3) is 0 Å². The summed E-state index contributed by atoms with van der Waals surface area (Å²) in [6.07, 6.45) is 1.80. The smallest absolute Gasteiger partial charge is 0.129 e. The molecule has 2 aromatic carbocycles. The van der Waals surface area contributed by atoms with Crippen LogP contribution in [0, 0.1) is 5.82 Å². The van der Waals surface area contributed by atoms with Crippen molar-refractivity contribution >= 4 is 10.9 Å². The summed E-state index contributed by atoms with van der Waals surface area (Å²) in [4.78, 5) is 0. The molecule has 3 rings (SSSR count). The molecule has 3 nitrogen and oxygen atoms in total. The molecular weight excluding hydrogens is 253 g/mol. The number of halogens is 1. The minimum Gasteiger partial charge on any atom is -0.313 e. The largest absolute Gasteiger partial charge is 0.313 e. The van der Waals surface area contributed by atoms with Crippen LogP contribution in [0.4, 0.5) is 4.39 Å². The lowest BCUT2D eigenvalue weighted by atomic mass is 10.1. The molecular formula is C16H16FN3. The van der Waals surface area contributed by atoms with E-state index in [9.17, 15) is 4.39 Å². The van der Waals surface area contributed by atoms with E-state index in [0.29, 0.717) is 12.1 Å². The third kappa shape index (κ3) is 2.18. The van der Waals surface area contributed by atoms with Crippen LogP contribution in [0.15, 0.2) is 48.7 Å². The molecule has 102 valence electrons. The Morgan fingerprint density at radius 3 is 2.85 bits per heavy atom. The summed E-state index contributed by atoms with van der Waals surface area (Å²) >= 11 is 0. The minimum absolute atomic E-state index is 0.206. The van der Waals surface area contributed by atoms with Crippen molar-refractivity contribution < 1.29 is 4.39 Å². The second kappa shape index (κ2) is 5.43. The van der Waals surface area contributed by atoms with Crippen LogP contribution in [0.3, 0.4) is 0 Å². The first kappa shape index (κ1) is 12.8. The van der Waals surface area contributed by atoms with Crippen molar-refractivity contribution in [1.82, 2.24) is 15.1 Å². The topological polar surface area (TPSA) is 29.9 Å². The molecule has 0 saturated carbocycles. The average Bonchev–Trinajstić information content (AvgIpc) is 2.89. The van der Waals surface area contributed by atoms with Crippen molar-refractivity contribution in [2.45, 2.75) is 13.5 Å². The molecule has 3 aromatic rings. The second-order valence-electron chi connectivity index (χ2n) is 4.63. The summed E-state index contributed by atoms with van der Waals surface area (Å²) in [7, 11) is 0. The van der Waals surface area contributed by atoms with Crippen LogP contribution in [0.1, 0.15) is 12.5 Å². The Morgan fingerprint density at radius 2 is 2.00 bits per heavy atom. The Balaban J connectivity index is 2.16. The third-order valence-electron chi connectivity index (χ3n) is 3.35. The maximum Gasteiger partial charge on any atom is 0.129 e. The van der Waals surface area contributed by atoms with Crippen LogP contribution in [0.2, 0.25) is 0 Å². The summed E-state index contributed by atoms with van der Waals surface area (Å²) in [5.74, 6) is -0.206. The highest BCUT2D eigenvalue weighted by atomic mass is 19.1. The molecule has 0 spiro atoms. The number of nitrogens with zero attached hydrogens (tertiary/aromatic N) is 2. The van der Waals surface area contributed by atoms with Crippen LogP contribution < -0.4 is 5.32 Å². The normalized spacial score (nSPS) is 11.1. The first-order chi connectivity index (χ1) is 9.81. The summed E-state index contributed by atoms with van der Waals surface area (Å²) in [6, 6.07) is 13.0. The first-order valence-electron chi connectivity index (χ1n) is 6.72. The van der Waals surface area contributed by atoms with E-state index >= 15 is 0 Å². The second-order valence-corrected chi connectivity index (χ2v) is 4.63. The first-order valence-corrected chi connectivity index (χ1v) is 6.72. The van der Waals surface area contributed by atoms with Gasteiger partial charge in [0.05, 0.1) is 17.4 Å². The average molecular weight is 269 g/mol. The Bertz CT molecular complexity index is 733. The lowest BCUT2D eigenvalue weighted by Gasteiger charge is -2.12. The highest BCUT2D eigenvalue weighted by molar-refractivity contribution is 5.80. The fourth-order valence-corrected chi connectivity index (χ4v) is 2.33. The summed E-state index contributed by atoms with van der Waals surface area (Å²) in [6.45, 7) is 3.30. The number of aromatic nitrogens is 2. The van der Waals surface area contributed by atoms with Crippen LogP contribution >= 0.6 is 0 Å². The molecule has 20 heavy (non-hydrogen) atoms. The molecule has 1 aromatic heterocycles. The summed E-state index contributed by atoms with van der Waals surface area (Å²) < 4.78 is 15.9. The monoisotopic (exact) mass is 269 g/mol. The van der Waals surface area contributed by atoms with Gasteiger partial charge in [0.2, 0.25) is 0 Å². The van der Waals surface area contributed by atoms with Gasteiger partial charge >= 0.3 is 0 Å². The van der Waals surface area contributed by atoms with Crippen molar-refractivity contribution in [3.05, 3.63) is 60.0 Å². The van der Waals surface area contributed by atoms with Gasteiger partial charge in [0.1, 0.15) is 5.82 Å². The van der Waals surface area contributed by atoms with Gasteiger partial charge in [0, 0.05) is 17.5 Å². The maximum atomic E-state index is 14.1. The van der Waals surface area contributed by atoms with Crippen molar-refractivity contribution in [3.8, 4) is 5.69 Å². The summed E-state index contributed by atoms with van der Waals surface area (Å²) in [5.41, 5.74) is 2.41. The number of nitrogens with one attached hydrogen (secondary N) is 1. The van der Waals surface area contributed by atoms with Crippen molar-refractivity contribution in [3.63, 3.8) is 0 Å². The van der Waals surface area contributed by atoms with E-state index in [1.165, 1.54) is 6.07 Å². The Morgan fingerprint density at radius 1 is 1.15 bits per heavy atom. The maximum absolute atomic E-state index is 14.1. The Kier molecular flexibility index (Phi) is 3.48. The molecule has 0 atom stereocenters. The van der Waals surface area contributed by atoms with Gasteiger partial charge in [0.15, 0.2) is 0 Å². The Labute approximate surface area is 117 Å². The van der Waals surface area contributed by atoms with Gasteiger partial charge in [-0.05, 0) is 24.7 Å². The number of rotatable bonds is 4. The molecule has 0 unspecified atom stereocenters. The lowest BCUT2D eigenvalue weighted by Crippen LogP contribution is -2.15. The van der Waals surface area contributed by atoms with Crippen molar-refractivity contribution in [1.29, 1.82) is 0 Å². The minimum atomic E-state index is -0.206. The highest BCUT2D eigenvalue weighted by Gasteiger charge is 2.12. The number of hydrogen-bond acceptors (Lipinski definition) is 2. The van der Waals surface area contributed by atoms with Gasteiger partial charge in [-0.15, -0.1) is 0 Å². The predicted octanol–water partition coefficient (Wildman–Crippen LogP) is 3.27. The lowest BCUT2D eigenvalue weighted by molar-refractivity contribution is 0.589. The quantitative estimate of drug-likeness (QED) is 0.787. The van der Waals surface area contributed by atoms with Crippen molar-refractivity contribution in [2.24, 2.45) is 0 Å². The van der Waals surface area contributed by atoms with E-state index in [4.69, 9.17) is 0 Å². The third-order valence-corrected chi connectivity index (χ3v) is 3.35. The number of benzene rings is 2. The van der Waals surface area contributed by atoms with Crippen LogP contribution in [0.5, 0.6) is 0 Å². The van der Waals surface area contributed by atoms with Gasteiger partial charge in [-0.1, -0.05) is 31.2 Å². The van der Waals surface area contributed by atoms with E-state index in [0.717, 1.165) is 23.1 Å². The summed E-state index contributed by atoms with van der Waals surface area (Å²) in [5, 5.41) is 8.62. The van der Waals surface area contributed by atoms with Crippen LogP contribution in [-0.4, -0.2) is 16.3 Å². The highest BCUT2D eigenvalue weighted by Crippen LogP contribution is 2.22. The van der Waals surface area contributed by atoms with Gasteiger partial charge < -0.3 is 5.32 Å². The Hall–Kier alpha value is -2.20. The number of fused-ring (bicyclic) bond motifs is 1. The standard InChI is InChI=1S/C16H16FN3/c1-2-18-11-13-14(17)7-5-9-16(13)20-15-8-4-3-6-12(15)10-19-20/h3-10,18H,2,11H2,1H3. The fraction of sp³-hybridized carbons (Fsp3) is 0.188. The fourth-order valence-electron chi connectivity index (χ4n) is 2.33. The zero-order chi connectivity index (χ0) is 13.9. The molecule has 4 heteroatoms. The van der Waals surface area contributed by atoms with Gasteiger partial charge in [-0.25, -0.2) is 9.07 Å². The van der Waals surface area contributed by atoms with E-state index in [1.807, 2.05) is 37.3 Å². The number of hydrogen-bond donors (Lipinski definition) is 1. The molecule has 0 fully saturated rings. The molecule has 0 bridgehead atoms. The molecule has 0 saturated heterocycles. The van der Waals surface area contributed by atoms with Crippen LogP contribution in [-0.2, 0) is 6.54 Å². The van der Waals surface area contributed by atoms with Crippen molar-refractivity contribution in [2.75, 3.05) is 6.54 Å². The molecule has 0 aliphatic carbocycles. The zero-order valence-corrected chi connectivity index (χ0v) is 11.3. The molecule has 0 aliphatic rings.